The van der Waals surface area contributed by atoms with E-state index in [9.17, 15) is 0 Å². The summed E-state index contributed by atoms with van der Waals surface area (Å²) in [5.74, 6) is 2.35. The Balaban J connectivity index is 1.53. The summed E-state index contributed by atoms with van der Waals surface area (Å²) in [6.45, 7) is 3.51. The normalized spacial score (nSPS) is 15.3. The first-order valence-electron chi connectivity index (χ1n) is 6.60. The molecule has 2 aromatic heterocycles. The summed E-state index contributed by atoms with van der Waals surface area (Å²) in [5.41, 5.74) is 1.10. The third-order valence-corrected chi connectivity index (χ3v) is 4.00. The topological polar surface area (TPSA) is 55.1 Å². The molecule has 0 atom stereocenters. The first-order chi connectivity index (χ1) is 9.19. The van der Waals surface area contributed by atoms with Crippen molar-refractivity contribution in [3.63, 3.8) is 0 Å². The molecule has 0 amide bonds. The highest BCUT2D eigenvalue weighted by molar-refractivity contribution is 7.09. The third-order valence-electron chi connectivity index (χ3n) is 3.18. The molecule has 19 heavy (non-hydrogen) atoms. The van der Waals surface area contributed by atoms with Gasteiger partial charge in [0.15, 0.2) is 5.82 Å². The van der Waals surface area contributed by atoms with Crippen LogP contribution in [0.15, 0.2) is 9.90 Å². The lowest BCUT2D eigenvalue weighted by atomic mass is 10.3. The molecule has 0 saturated heterocycles. The molecule has 1 fully saturated rings. The van der Waals surface area contributed by atoms with E-state index in [-0.39, 0.29) is 0 Å². The van der Waals surface area contributed by atoms with Crippen molar-refractivity contribution in [3.8, 4) is 0 Å². The van der Waals surface area contributed by atoms with Crippen molar-refractivity contribution in [3.05, 3.63) is 27.8 Å². The average molecular weight is 278 g/mol. The van der Waals surface area contributed by atoms with Crippen LogP contribution in [0.3, 0.4) is 0 Å². The van der Waals surface area contributed by atoms with Gasteiger partial charge < -0.3 is 4.52 Å². The second-order valence-electron chi connectivity index (χ2n) is 5.28. The van der Waals surface area contributed by atoms with Crippen LogP contribution in [0, 0.1) is 12.8 Å². The summed E-state index contributed by atoms with van der Waals surface area (Å²) in [4.78, 5) is 11.0. The molecule has 0 bridgehead atoms. The Morgan fingerprint density at radius 3 is 2.89 bits per heavy atom. The third kappa shape index (κ3) is 3.61. The molecular weight excluding hydrogens is 260 g/mol. The van der Waals surface area contributed by atoms with Gasteiger partial charge in [0.1, 0.15) is 0 Å². The van der Waals surface area contributed by atoms with Crippen LogP contribution < -0.4 is 0 Å². The van der Waals surface area contributed by atoms with Crippen molar-refractivity contribution in [2.24, 2.45) is 5.92 Å². The van der Waals surface area contributed by atoms with Crippen molar-refractivity contribution in [2.45, 2.75) is 39.3 Å². The maximum Gasteiger partial charge on any atom is 0.240 e. The molecule has 3 rings (SSSR count). The lowest BCUT2D eigenvalue weighted by molar-refractivity contribution is 0.258. The van der Waals surface area contributed by atoms with Crippen LogP contribution in [0.5, 0.6) is 0 Å². The van der Waals surface area contributed by atoms with Crippen molar-refractivity contribution >= 4 is 11.3 Å². The molecular formula is C13H18N4OS. The second-order valence-corrected chi connectivity index (χ2v) is 6.34. The molecule has 0 radical (unpaired) electrons. The molecule has 5 nitrogen and oxygen atoms in total. The first-order valence-corrected chi connectivity index (χ1v) is 7.48. The number of thiazole rings is 1. The van der Waals surface area contributed by atoms with Gasteiger partial charge in [0.25, 0.3) is 0 Å². The molecule has 6 heteroatoms. The van der Waals surface area contributed by atoms with Gasteiger partial charge in [0.05, 0.1) is 17.2 Å². The molecule has 102 valence electrons. The second kappa shape index (κ2) is 5.38. The highest BCUT2D eigenvalue weighted by atomic mass is 32.1. The molecule has 2 heterocycles. The van der Waals surface area contributed by atoms with E-state index in [1.807, 2.05) is 14.0 Å². The molecule has 0 unspecified atom stereocenters. The standard InChI is InChI=1S/C13H18N4OS/c1-9-14-11(8-19-9)6-17(2)7-13-15-12(16-18-13)5-10-3-4-10/h8,10H,3-7H2,1-2H3. The van der Waals surface area contributed by atoms with Gasteiger partial charge in [-0.2, -0.15) is 4.98 Å². The molecule has 1 aliphatic carbocycles. The molecule has 1 aliphatic rings. The number of aromatic nitrogens is 3. The zero-order valence-electron chi connectivity index (χ0n) is 11.3. The highest BCUT2D eigenvalue weighted by Crippen LogP contribution is 2.31. The van der Waals surface area contributed by atoms with Gasteiger partial charge >= 0.3 is 0 Å². The van der Waals surface area contributed by atoms with Crippen LogP contribution in [0.25, 0.3) is 0 Å². The van der Waals surface area contributed by atoms with E-state index in [4.69, 9.17) is 4.52 Å². The zero-order valence-corrected chi connectivity index (χ0v) is 12.1. The fourth-order valence-corrected chi connectivity index (χ4v) is 2.67. The van der Waals surface area contributed by atoms with Crippen LogP contribution in [0.4, 0.5) is 0 Å². The van der Waals surface area contributed by atoms with Crippen molar-refractivity contribution < 1.29 is 4.52 Å². The Labute approximate surface area is 116 Å². The van der Waals surface area contributed by atoms with Gasteiger partial charge in [-0.3, -0.25) is 4.90 Å². The molecule has 2 aromatic rings. The van der Waals surface area contributed by atoms with E-state index in [1.165, 1.54) is 12.8 Å². The van der Waals surface area contributed by atoms with Crippen LogP contribution in [-0.2, 0) is 19.5 Å². The minimum atomic E-state index is 0.675. The van der Waals surface area contributed by atoms with Gasteiger partial charge in [0.2, 0.25) is 5.89 Å². The van der Waals surface area contributed by atoms with Crippen LogP contribution in [0.2, 0.25) is 0 Å². The van der Waals surface area contributed by atoms with Gasteiger partial charge in [0, 0.05) is 18.3 Å². The fourth-order valence-electron chi connectivity index (χ4n) is 2.06. The summed E-state index contributed by atoms with van der Waals surface area (Å²) in [7, 11) is 2.04. The van der Waals surface area contributed by atoms with Crippen LogP contribution >= 0.6 is 11.3 Å². The Morgan fingerprint density at radius 1 is 1.37 bits per heavy atom. The predicted molar refractivity (Wildman–Crippen MR) is 72.7 cm³/mol. The molecule has 0 N–H and O–H groups in total. The molecule has 1 saturated carbocycles. The van der Waals surface area contributed by atoms with E-state index >= 15 is 0 Å². The zero-order chi connectivity index (χ0) is 13.2. The minimum Gasteiger partial charge on any atom is -0.338 e. The van der Waals surface area contributed by atoms with Crippen molar-refractivity contribution in [2.75, 3.05) is 7.05 Å². The smallest absolute Gasteiger partial charge is 0.240 e. The van der Waals surface area contributed by atoms with E-state index in [0.717, 1.165) is 35.4 Å². The van der Waals surface area contributed by atoms with E-state index in [1.54, 1.807) is 11.3 Å². The van der Waals surface area contributed by atoms with E-state index < -0.39 is 0 Å². The van der Waals surface area contributed by atoms with Crippen molar-refractivity contribution in [1.82, 2.24) is 20.0 Å². The van der Waals surface area contributed by atoms with Gasteiger partial charge in [-0.1, -0.05) is 5.16 Å². The van der Waals surface area contributed by atoms with Gasteiger partial charge in [-0.05, 0) is 32.7 Å². The maximum absolute atomic E-state index is 5.29. The molecule has 0 spiro atoms. The number of hydrogen-bond acceptors (Lipinski definition) is 6. The highest BCUT2D eigenvalue weighted by Gasteiger charge is 2.24. The fraction of sp³-hybridized carbons (Fsp3) is 0.615. The maximum atomic E-state index is 5.29. The SMILES string of the molecule is Cc1nc(CN(C)Cc2nc(CC3CC3)no2)cs1. The quantitative estimate of drug-likeness (QED) is 0.812. The monoisotopic (exact) mass is 278 g/mol. The first kappa shape index (κ1) is 12.7. The van der Waals surface area contributed by atoms with Crippen LogP contribution in [-0.4, -0.2) is 27.1 Å². The lowest BCUT2D eigenvalue weighted by Crippen LogP contribution is -2.17. The molecule has 0 aliphatic heterocycles. The Bertz CT molecular complexity index is 546. The minimum absolute atomic E-state index is 0.675. The number of aryl methyl sites for hydroxylation is 1. The lowest BCUT2D eigenvalue weighted by Gasteiger charge is -2.11. The Morgan fingerprint density at radius 2 is 2.21 bits per heavy atom. The number of hydrogen-bond donors (Lipinski definition) is 0. The predicted octanol–water partition coefficient (Wildman–Crippen LogP) is 2.42. The summed E-state index contributed by atoms with van der Waals surface area (Å²) in [5, 5.41) is 7.23. The van der Waals surface area contributed by atoms with Gasteiger partial charge in [-0.25, -0.2) is 4.98 Å². The summed E-state index contributed by atoms with van der Waals surface area (Å²) in [6, 6.07) is 0. The summed E-state index contributed by atoms with van der Waals surface area (Å²) >= 11 is 1.68. The largest absolute Gasteiger partial charge is 0.338 e. The van der Waals surface area contributed by atoms with Gasteiger partial charge in [-0.15, -0.1) is 11.3 Å². The van der Waals surface area contributed by atoms with Crippen LogP contribution in [0.1, 0.15) is 35.3 Å². The van der Waals surface area contributed by atoms with Crippen molar-refractivity contribution in [1.29, 1.82) is 0 Å². The number of rotatable bonds is 6. The summed E-state index contributed by atoms with van der Waals surface area (Å²) < 4.78 is 5.29. The van der Waals surface area contributed by atoms with E-state index in [0.29, 0.717) is 12.4 Å². The Hall–Kier alpha value is -1.27. The summed E-state index contributed by atoms with van der Waals surface area (Å²) in [6.07, 6.45) is 3.60. The Kier molecular flexibility index (Phi) is 3.61. The molecule has 0 aromatic carbocycles. The average Bonchev–Trinajstić information content (AvgIpc) is 2.91. The number of nitrogens with zero attached hydrogens (tertiary/aromatic N) is 4. The van der Waals surface area contributed by atoms with E-state index in [2.05, 4.69) is 25.4 Å².